The third-order valence-electron chi connectivity index (χ3n) is 5.92. The number of amides is 3. The minimum atomic E-state index is -0.616. The maximum Gasteiger partial charge on any atom is 0.414 e. The number of hydrogen-bond donors (Lipinski definition) is 2. The summed E-state index contributed by atoms with van der Waals surface area (Å²) in [7, 11) is 1.48. The highest BCUT2D eigenvalue weighted by Crippen LogP contribution is 2.28. The van der Waals surface area contributed by atoms with Gasteiger partial charge in [0, 0.05) is 33.3 Å². The van der Waals surface area contributed by atoms with Crippen molar-refractivity contribution in [2.24, 2.45) is 11.7 Å². The first-order valence-corrected chi connectivity index (χ1v) is 11.5. The number of hydrogen-bond acceptors (Lipinski definition) is 7. The predicted octanol–water partition coefficient (Wildman–Crippen LogP) is 0.936. The van der Waals surface area contributed by atoms with E-state index in [0.29, 0.717) is 49.9 Å². The standard InChI is InChI=1S/C23H34FN5O5/c1-15(2)10-19(25)22(31)26-12-17-13-29(23(32)34-17)16-4-5-20(18(24)11-16)27-6-8-28(9-7-27)21(30)14-33-3/h4-5,11,15,17,19H,6-10,12-14,25H2,1-3H3,(H,26,31)/t17-,19?/m1/s1. The van der Waals surface area contributed by atoms with E-state index in [1.165, 1.54) is 18.1 Å². The van der Waals surface area contributed by atoms with Crippen LogP contribution in [0.25, 0.3) is 0 Å². The van der Waals surface area contributed by atoms with Crippen LogP contribution in [0.3, 0.4) is 0 Å². The van der Waals surface area contributed by atoms with Crippen LogP contribution in [0.4, 0.5) is 20.6 Å². The predicted molar refractivity (Wildman–Crippen MR) is 125 cm³/mol. The molecule has 0 spiro atoms. The van der Waals surface area contributed by atoms with Gasteiger partial charge in [0.05, 0.1) is 30.5 Å². The molecule has 2 heterocycles. The Labute approximate surface area is 199 Å². The highest BCUT2D eigenvalue weighted by Gasteiger charge is 2.33. The largest absolute Gasteiger partial charge is 0.442 e. The van der Waals surface area contributed by atoms with Gasteiger partial charge < -0.3 is 30.3 Å². The topological polar surface area (TPSA) is 117 Å². The molecule has 1 aromatic carbocycles. The Hall–Kier alpha value is -2.92. The fourth-order valence-corrected chi connectivity index (χ4v) is 4.13. The number of carbonyl (C=O) groups is 3. The van der Waals surface area contributed by atoms with Crippen LogP contribution in [0.15, 0.2) is 18.2 Å². The van der Waals surface area contributed by atoms with Crippen LogP contribution in [0.5, 0.6) is 0 Å². The molecule has 2 aliphatic rings. The first-order valence-electron chi connectivity index (χ1n) is 11.5. The summed E-state index contributed by atoms with van der Waals surface area (Å²) in [5.41, 5.74) is 6.67. The summed E-state index contributed by atoms with van der Waals surface area (Å²) in [6.45, 7) is 6.29. The van der Waals surface area contributed by atoms with E-state index in [9.17, 15) is 18.8 Å². The number of halogens is 1. The highest BCUT2D eigenvalue weighted by molar-refractivity contribution is 5.90. The molecule has 1 unspecified atom stereocenters. The third-order valence-corrected chi connectivity index (χ3v) is 5.92. The number of carbonyl (C=O) groups excluding carboxylic acids is 3. The number of cyclic esters (lactones) is 1. The van der Waals surface area contributed by atoms with Crippen LogP contribution in [0.1, 0.15) is 20.3 Å². The number of nitrogens with two attached hydrogens (primary N) is 1. The van der Waals surface area contributed by atoms with Crippen LogP contribution in [0, 0.1) is 11.7 Å². The van der Waals surface area contributed by atoms with Crippen molar-refractivity contribution >= 4 is 29.3 Å². The normalized spacial score (nSPS) is 19.4. The summed E-state index contributed by atoms with van der Waals surface area (Å²) in [5.74, 6) is -0.542. The van der Waals surface area contributed by atoms with Crippen LogP contribution in [-0.2, 0) is 19.1 Å². The van der Waals surface area contributed by atoms with Gasteiger partial charge >= 0.3 is 6.09 Å². The molecule has 1 aromatic rings. The molecule has 0 aliphatic carbocycles. The molecule has 3 N–H and O–H groups in total. The third kappa shape index (κ3) is 6.35. The fraction of sp³-hybridized carbons (Fsp3) is 0.609. The smallest absolute Gasteiger partial charge is 0.414 e. The summed E-state index contributed by atoms with van der Waals surface area (Å²) in [4.78, 5) is 41.3. The van der Waals surface area contributed by atoms with Gasteiger partial charge in [-0.1, -0.05) is 13.8 Å². The fourth-order valence-electron chi connectivity index (χ4n) is 4.13. The van der Waals surface area contributed by atoms with Gasteiger partial charge in [0.15, 0.2) is 0 Å². The minimum Gasteiger partial charge on any atom is -0.442 e. The average Bonchev–Trinajstić information content (AvgIpc) is 3.17. The van der Waals surface area contributed by atoms with Gasteiger partial charge in [0.2, 0.25) is 11.8 Å². The molecule has 3 amide bonds. The van der Waals surface area contributed by atoms with Crippen molar-refractivity contribution in [3.05, 3.63) is 24.0 Å². The molecule has 188 valence electrons. The molecule has 10 nitrogen and oxygen atoms in total. The number of methoxy groups -OCH3 is 1. The van der Waals surface area contributed by atoms with E-state index in [1.807, 2.05) is 18.7 Å². The van der Waals surface area contributed by atoms with E-state index in [0.717, 1.165) is 0 Å². The van der Waals surface area contributed by atoms with E-state index < -0.39 is 24.1 Å². The zero-order chi connectivity index (χ0) is 24.8. The van der Waals surface area contributed by atoms with Gasteiger partial charge in [-0.15, -0.1) is 0 Å². The lowest BCUT2D eigenvalue weighted by Crippen LogP contribution is -2.50. The molecule has 2 atom stereocenters. The number of benzene rings is 1. The maximum atomic E-state index is 14.9. The van der Waals surface area contributed by atoms with E-state index in [2.05, 4.69) is 5.32 Å². The Morgan fingerprint density at radius 2 is 1.97 bits per heavy atom. The summed E-state index contributed by atoms with van der Waals surface area (Å²) in [6.07, 6.45) is -0.585. The number of piperazine rings is 1. The Balaban J connectivity index is 1.55. The second-order valence-electron chi connectivity index (χ2n) is 9.03. The van der Waals surface area contributed by atoms with Crippen LogP contribution in [0.2, 0.25) is 0 Å². The van der Waals surface area contributed by atoms with Crippen LogP contribution in [-0.4, -0.2) is 87.9 Å². The summed E-state index contributed by atoms with van der Waals surface area (Å²) in [6, 6.07) is 3.99. The van der Waals surface area contributed by atoms with Crippen molar-refractivity contribution in [1.29, 1.82) is 0 Å². The van der Waals surface area contributed by atoms with Gasteiger partial charge in [-0.2, -0.15) is 0 Å². The molecule has 3 rings (SSSR count). The van der Waals surface area contributed by atoms with Gasteiger partial charge in [0.1, 0.15) is 18.5 Å². The Bertz CT molecular complexity index is 891. The van der Waals surface area contributed by atoms with Crippen LogP contribution >= 0.6 is 0 Å². The van der Waals surface area contributed by atoms with Crippen molar-refractivity contribution < 1.29 is 28.2 Å². The van der Waals surface area contributed by atoms with E-state index >= 15 is 0 Å². The number of rotatable bonds is 9. The Morgan fingerprint density at radius 3 is 2.59 bits per heavy atom. The van der Waals surface area contributed by atoms with Gasteiger partial charge in [0.25, 0.3) is 0 Å². The molecule has 0 aromatic heterocycles. The monoisotopic (exact) mass is 479 g/mol. The Morgan fingerprint density at radius 1 is 1.26 bits per heavy atom. The lowest BCUT2D eigenvalue weighted by Gasteiger charge is -2.36. The number of nitrogens with one attached hydrogen (secondary N) is 1. The van der Waals surface area contributed by atoms with Crippen molar-refractivity contribution in [2.45, 2.75) is 32.4 Å². The molecular weight excluding hydrogens is 445 g/mol. The molecule has 0 bridgehead atoms. The SMILES string of the molecule is COCC(=O)N1CCN(c2ccc(N3C[C@@H](CNC(=O)C(N)CC(C)C)OC3=O)cc2F)CC1. The van der Waals surface area contributed by atoms with Crippen molar-refractivity contribution in [3.8, 4) is 0 Å². The van der Waals surface area contributed by atoms with Crippen molar-refractivity contribution in [1.82, 2.24) is 10.2 Å². The zero-order valence-corrected chi connectivity index (χ0v) is 20.0. The number of nitrogens with zero attached hydrogens (tertiary/aromatic N) is 3. The summed E-state index contributed by atoms with van der Waals surface area (Å²) >= 11 is 0. The number of anilines is 2. The number of ether oxygens (including phenoxy) is 2. The molecular formula is C23H34FN5O5. The molecule has 0 saturated carbocycles. The molecule has 11 heteroatoms. The molecule has 34 heavy (non-hydrogen) atoms. The highest BCUT2D eigenvalue weighted by atomic mass is 19.1. The van der Waals surface area contributed by atoms with E-state index in [-0.39, 0.29) is 31.5 Å². The van der Waals surface area contributed by atoms with Gasteiger partial charge in [-0.3, -0.25) is 14.5 Å². The quantitative estimate of drug-likeness (QED) is 0.541. The van der Waals surface area contributed by atoms with E-state index in [1.54, 1.807) is 17.0 Å². The average molecular weight is 480 g/mol. The second-order valence-corrected chi connectivity index (χ2v) is 9.03. The maximum absolute atomic E-state index is 14.9. The van der Waals surface area contributed by atoms with Crippen molar-refractivity contribution in [2.75, 3.05) is 62.8 Å². The molecule has 0 radical (unpaired) electrons. The lowest BCUT2D eigenvalue weighted by atomic mass is 10.0. The first kappa shape index (κ1) is 25.7. The first-order chi connectivity index (χ1) is 16.2. The zero-order valence-electron chi connectivity index (χ0n) is 20.0. The minimum absolute atomic E-state index is 0.0322. The summed E-state index contributed by atoms with van der Waals surface area (Å²) in [5, 5.41) is 2.72. The molecule has 2 fully saturated rings. The second kappa shape index (κ2) is 11.5. The van der Waals surface area contributed by atoms with E-state index in [4.69, 9.17) is 15.2 Å². The summed E-state index contributed by atoms with van der Waals surface area (Å²) < 4.78 is 25.2. The lowest BCUT2D eigenvalue weighted by molar-refractivity contribution is -0.135. The molecule has 2 saturated heterocycles. The van der Waals surface area contributed by atoms with Gasteiger partial charge in [-0.25, -0.2) is 9.18 Å². The van der Waals surface area contributed by atoms with Gasteiger partial charge in [-0.05, 0) is 30.5 Å². The Kier molecular flexibility index (Phi) is 8.67. The van der Waals surface area contributed by atoms with Crippen LogP contribution < -0.4 is 20.9 Å². The molecule has 2 aliphatic heterocycles. The van der Waals surface area contributed by atoms with Crippen molar-refractivity contribution in [3.63, 3.8) is 0 Å².